The maximum Gasteiger partial charge on any atom is 0.214 e. The van der Waals surface area contributed by atoms with Crippen LogP contribution in [0.4, 0.5) is 0 Å². The maximum absolute atomic E-state index is 12.4. The molecule has 1 atom stereocenters. The molecule has 1 unspecified atom stereocenters. The third-order valence-electron chi connectivity index (χ3n) is 3.78. The Morgan fingerprint density at radius 3 is 2.74 bits per heavy atom. The molecule has 0 bridgehead atoms. The Labute approximate surface area is 120 Å². The molecule has 0 radical (unpaired) electrons. The van der Waals surface area contributed by atoms with Gasteiger partial charge in [-0.15, -0.1) is 11.6 Å². The van der Waals surface area contributed by atoms with Crippen LogP contribution in [0.25, 0.3) is 0 Å². The Bertz CT molecular complexity index is 539. The number of unbranched alkanes of at least 4 members (excludes halogenated alkanes) is 1. The zero-order valence-corrected chi connectivity index (χ0v) is 13.0. The molecule has 0 N–H and O–H groups in total. The second-order valence-corrected chi connectivity index (χ2v) is 7.47. The molecule has 0 saturated carbocycles. The normalized spacial score (nSPS) is 20.5. The molecule has 0 amide bonds. The van der Waals surface area contributed by atoms with E-state index in [9.17, 15) is 8.42 Å². The number of rotatable bonds is 5. The molecule has 0 fully saturated rings. The lowest BCUT2D eigenvalue weighted by atomic mass is 10.2. The summed E-state index contributed by atoms with van der Waals surface area (Å²) in [5, 5.41) is 0. The van der Waals surface area contributed by atoms with E-state index in [0.29, 0.717) is 18.8 Å². The molecule has 108 valence electrons. The van der Waals surface area contributed by atoms with Crippen LogP contribution >= 0.6 is 11.6 Å². The molecule has 1 aromatic rings. The zero-order chi connectivity index (χ0) is 14.0. The van der Waals surface area contributed by atoms with Crippen molar-refractivity contribution in [2.75, 3.05) is 18.2 Å². The third kappa shape index (κ3) is 2.98. The molecule has 4 nitrogen and oxygen atoms in total. The van der Waals surface area contributed by atoms with E-state index in [4.69, 9.17) is 11.6 Å². The first-order chi connectivity index (χ1) is 8.97. The lowest BCUT2D eigenvalue weighted by molar-refractivity contribution is 0.280. The van der Waals surface area contributed by atoms with Crippen molar-refractivity contribution in [3.05, 3.63) is 23.5 Å². The number of aromatic nitrogens is 1. The van der Waals surface area contributed by atoms with Crippen LogP contribution in [0.1, 0.15) is 37.2 Å². The van der Waals surface area contributed by atoms with Crippen LogP contribution in [-0.4, -0.2) is 35.5 Å². The van der Waals surface area contributed by atoms with Gasteiger partial charge in [0.25, 0.3) is 0 Å². The predicted molar refractivity (Wildman–Crippen MR) is 78.0 cm³/mol. The van der Waals surface area contributed by atoms with Crippen molar-refractivity contribution in [1.82, 2.24) is 8.87 Å². The van der Waals surface area contributed by atoms with E-state index in [2.05, 4.69) is 17.6 Å². The fraction of sp³-hybridized carbons (Fsp3) is 0.692. The van der Waals surface area contributed by atoms with Crippen LogP contribution in [0.15, 0.2) is 12.1 Å². The number of alkyl halides is 1. The summed E-state index contributed by atoms with van der Waals surface area (Å²) in [4.78, 5) is 0. The summed E-state index contributed by atoms with van der Waals surface area (Å²) >= 11 is 5.60. The van der Waals surface area contributed by atoms with E-state index in [-0.39, 0.29) is 11.8 Å². The highest BCUT2D eigenvalue weighted by Crippen LogP contribution is 2.29. The summed E-state index contributed by atoms with van der Waals surface area (Å²) in [5.74, 6) is 0.719. The summed E-state index contributed by atoms with van der Waals surface area (Å²) in [7, 11) is -3.18. The molecule has 6 heteroatoms. The molecule has 1 aliphatic rings. The lowest BCUT2D eigenvalue weighted by Crippen LogP contribution is -2.42. The Kier molecular flexibility index (Phi) is 4.58. The molecule has 0 saturated heterocycles. The van der Waals surface area contributed by atoms with E-state index in [0.717, 1.165) is 18.7 Å². The summed E-state index contributed by atoms with van der Waals surface area (Å²) in [6.45, 7) is 5.32. The van der Waals surface area contributed by atoms with Gasteiger partial charge < -0.3 is 4.57 Å². The minimum Gasteiger partial charge on any atom is -0.346 e. The van der Waals surface area contributed by atoms with Crippen molar-refractivity contribution in [3.8, 4) is 0 Å². The summed E-state index contributed by atoms with van der Waals surface area (Å²) in [5.41, 5.74) is 2.28. The molecule has 2 rings (SSSR count). The fourth-order valence-corrected chi connectivity index (χ4v) is 4.62. The second kappa shape index (κ2) is 5.85. The SMILES string of the molecule is Cc1ccc2n1CCN(S(=O)(=O)CCCCCl)C2C. The number of sulfonamides is 1. The number of halogens is 1. The Morgan fingerprint density at radius 2 is 2.05 bits per heavy atom. The maximum atomic E-state index is 12.4. The quantitative estimate of drug-likeness (QED) is 0.619. The van der Waals surface area contributed by atoms with E-state index in [1.54, 1.807) is 4.31 Å². The smallest absolute Gasteiger partial charge is 0.214 e. The number of hydrogen-bond donors (Lipinski definition) is 0. The van der Waals surface area contributed by atoms with Crippen molar-refractivity contribution in [1.29, 1.82) is 0 Å². The van der Waals surface area contributed by atoms with Crippen molar-refractivity contribution in [2.45, 2.75) is 39.3 Å². The molecule has 2 heterocycles. The van der Waals surface area contributed by atoms with Gasteiger partial charge in [0.2, 0.25) is 10.0 Å². The first kappa shape index (κ1) is 14.9. The first-order valence-corrected chi connectivity index (χ1v) is 8.83. The van der Waals surface area contributed by atoms with Gasteiger partial charge in [0.15, 0.2) is 0 Å². The van der Waals surface area contributed by atoms with Crippen LogP contribution in [0.3, 0.4) is 0 Å². The zero-order valence-electron chi connectivity index (χ0n) is 11.5. The van der Waals surface area contributed by atoms with Crippen LogP contribution in [0.2, 0.25) is 0 Å². The van der Waals surface area contributed by atoms with Crippen molar-refractivity contribution >= 4 is 21.6 Å². The second-order valence-electron chi connectivity index (χ2n) is 5.05. The predicted octanol–water partition coefficient (Wildman–Crippen LogP) is 2.52. The van der Waals surface area contributed by atoms with Crippen LogP contribution in [0, 0.1) is 6.92 Å². The van der Waals surface area contributed by atoms with Gasteiger partial charge in [0.1, 0.15) is 0 Å². The van der Waals surface area contributed by atoms with Gasteiger partial charge in [0.05, 0.1) is 11.8 Å². The Hall–Kier alpha value is -0.520. The largest absolute Gasteiger partial charge is 0.346 e. The van der Waals surface area contributed by atoms with Crippen molar-refractivity contribution in [2.24, 2.45) is 0 Å². The number of hydrogen-bond acceptors (Lipinski definition) is 2. The molecular formula is C13H21ClN2O2S. The topological polar surface area (TPSA) is 42.3 Å². The highest BCUT2D eigenvalue weighted by Gasteiger charge is 2.32. The number of fused-ring (bicyclic) bond motifs is 1. The van der Waals surface area contributed by atoms with Crippen LogP contribution in [-0.2, 0) is 16.6 Å². The average Bonchev–Trinajstić information content (AvgIpc) is 2.72. The third-order valence-corrected chi connectivity index (χ3v) is 6.07. The Balaban J connectivity index is 2.15. The molecule has 1 aromatic heterocycles. The molecular weight excluding hydrogens is 284 g/mol. The van der Waals surface area contributed by atoms with E-state index >= 15 is 0 Å². The minimum atomic E-state index is -3.18. The van der Waals surface area contributed by atoms with E-state index in [1.165, 1.54) is 5.69 Å². The average molecular weight is 305 g/mol. The van der Waals surface area contributed by atoms with E-state index in [1.807, 2.05) is 13.0 Å². The van der Waals surface area contributed by atoms with Gasteiger partial charge in [-0.2, -0.15) is 4.31 Å². The molecule has 0 aliphatic carbocycles. The van der Waals surface area contributed by atoms with Gasteiger partial charge in [-0.25, -0.2) is 8.42 Å². The molecule has 0 spiro atoms. The van der Waals surface area contributed by atoms with Gasteiger partial charge in [-0.05, 0) is 38.8 Å². The summed E-state index contributed by atoms with van der Waals surface area (Å²) in [6, 6.07) is 4.00. The van der Waals surface area contributed by atoms with Crippen LogP contribution < -0.4 is 0 Å². The number of nitrogens with zero attached hydrogens (tertiary/aromatic N) is 2. The molecule has 1 aliphatic heterocycles. The summed E-state index contributed by atoms with van der Waals surface area (Å²) < 4.78 is 28.6. The minimum absolute atomic E-state index is 0.0801. The lowest BCUT2D eigenvalue weighted by Gasteiger charge is -2.34. The van der Waals surface area contributed by atoms with E-state index < -0.39 is 10.0 Å². The van der Waals surface area contributed by atoms with Gasteiger partial charge >= 0.3 is 0 Å². The summed E-state index contributed by atoms with van der Waals surface area (Å²) in [6.07, 6.45) is 1.38. The van der Waals surface area contributed by atoms with Gasteiger partial charge in [-0.3, -0.25) is 0 Å². The van der Waals surface area contributed by atoms with Crippen molar-refractivity contribution in [3.63, 3.8) is 0 Å². The monoisotopic (exact) mass is 304 g/mol. The van der Waals surface area contributed by atoms with Crippen molar-refractivity contribution < 1.29 is 8.42 Å². The van der Waals surface area contributed by atoms with Gasteiger partial charge in [0, 0.05) is 30.4 Å². The number of aryl methyl sites for hydroxylation is 1. The highest BCUT2D eigenvalue weighted by atomic mass is 35.5. The first-order valence-electron chi connectivity index (χ1n) is 6.69. The highest BCUT2D eigenvalue weighted by molar-refractivity contribution is 7.89. The molecule has 0 aromatic carbocycles. The fourth-order valence-electron chi connectivity index (χ4n) is 2.68. The standard InChI is InChI=1S/C13H21ClN2O2S/c1-11-5-6-13-12(2)16(9-8-15(11)13)19(17,18)10-4-3-7-14/h5-6,12H,3-4,7-10H2,1-2H3. The van der Waals surface area contributed by atoms with Crippen LogP contribution in [0.5, 0.6) is 0 Å². The Morgan fingerprint density at radius 1 is 1.32 bits per heavy atom. The van der Waals surface area contributed by atoms with Gasteiger partial charge in [-0.1, -0.05) is 0 Å². The molecule has 19 heavy (non-hydrogen) atoms.